The first kappa shape index (κ1) is 15.5. The van der Waals surface area contributed by atoms with Crippen LogP contribution in [-0.4, -0.2) is 41.3 Å². The molecule has 24 heavy (non-hydrogen) atoms. The highest BCUT2D eigenvalue weighted by Gasteiger charge is 2.09. The molecule has 0 aromatic carbocycles. The molecular formula is C15H14N8O. The monoisotopic (exact) mass is 322 g/mol. The molecule has 3 aromatic heterocycles. The van der Waals surface area contributed by atoms with E-state index in [0.29, 0.717) is 23.6 Å². The number of carbonyl (C=O) groups excluding carboxylic acids is 1. The summed E-state index contributed by atoms with van der Waals surface area (Å²) in [6.07, 6.45) is 5.99. The second-order valence-corrected chi connectivity index (χ2v) is 4.85. The zero-order valence-electron chi connectivity index (χ0n) is 12.9. The van der Waals surface area contributed by atoms with E-state index >= 15 is 0 Å². The Morgan fingerprint density at radius 2 is 1.67 bits per heavy atom. The largest absolute Gasteiger partial charge is 0.325 e. The molecule has 120 valence electrons. The molecule has 0 fully saturated rings. The van der Waals surface area contributed by atoms with Crippen LogP contribution in [-0.2, 0) is 4.79 Å². The Morgan fingerprint density at radius 1 is 0.958 bits per heavy atom. The summed E-state index contributed by atoms with van der Waals surface area (Å²) in [5, 5.41) is 18.7. The van der Waals surface area contributed by atoms with Crippen LogP contribution in [0.4, 0.5) is 5.69 Å². The molecule has 0 spiro atoms. The van der Waals surface area contributed by atoms with Crippen LogP contribution in [0.25, 0.3) is 23.2 Å². The summed E-state index contributed by atoms with van der Waals surface area (Å²) in [5.74, 6) is 0.828. The lowest BCUT2D eigenvalue weighted by Crippen LogP contribution is -2.10. The van der Waals surface area contributed by atoms with E-state index < -0.39 is 0 Å². The van der Waals surface area contributed by atoms with Crippen LogP contribution in [0, 0.1) is 0 Å². The fourth-order valence-corrected chi connectivity index (χ4v) is 1.89. The molecule has 0 radical (unpaired) electrons. The molecule has 3 rings (SSSR count). The minimum atomic E-state index is -0.0427. The van der Waals surface area contributed by atoms with E-state index in [1.807, 2.05) is 6.92 Å². The molecule has 3 aromatic rings. The van der Waals surface area contributed by atoms with E-state index in [0.717, 1.165) is 6.42 Å². The molecule has 9 nitrogen and oxygen atoms in total. The summed E-state index contributed by atoms with van der Waals surface area (Å²) < 4.78 is 0. The van der Waals surface area contributed by atoms with Gasteiger partial charge in [0.2, 0.25) is 23.4 Å². The number of hydrogen-bond donors (Lipinski definition) is 1. The molecule has 0 unspecified atom stereocenters. The second-order valence-electron chi connectivity index (χ2n) is 4.85. The smallest absolute Gasteiger partial charge is 0.240 e. The van der Waals surface area contributed by atoms with Crippen LogP contribution < -0.4 is 5.32 Å². The standard InChI is InChI=1S/C15H14N8O/c1-2-4-12(24)19-10-5-6-11(18-9-10)13-20-22-15(23-21-13)14-16-7-3-8-17-14/h3,5-9H,2,4H2,1H3,(H,19,24). The van der Waals surface area contributed by atoms with Crippen molar-refractivity contribution in [1.82, 2.24) is 35.3 Å². The van der Waals surface area contributed by atoms with Crippen molar-refractivity contribution >= 4 is 11.6 Å². The van der Waals surface area contributed by atoms with Crippen LogP contribution in [0.5, 0.6) is 0 Å². The molecular weight excluding hydrogens is 308 g/mol. The number of anilines is 1. The van der Waals surface area contributed by atoms with Gasteiger partial charge in [0.05, 0.1) is 11.9 Å². The van der Waals surface area contributed by atoms with Crippen molar-refractivity contribution in [3.63, 3.8) is 0 Å². The summed E-state index contributed by atoms with van der Waals surface area (Å²) in [6, 6.07) is 5.12. The highest BCUT2D eigenvalue weighted by molar-refractivity contribution is 5.90. The highest BCUT2D eigenvalue weighted by atomic mass is 16.1. The van der Waals surface area contributed by atoms with Gasteiger partial charge in [-0.3, -0.25) is 9.78 Å². The number of nitrogens with zero attached hydrogens (tertiary/aromatic N) is 7. The van der Waals surface area contributed by atoms with Gasteiger partial charge in [0.25, 0.3) is 0 Å². The molecule has 9 heteroatoms. The van der Waals surface area contributed by atoms with Gasteiger partial charge in [0.1, 0.15) is 5.69 Å². The number of nitrogens with one attached hydrogen (secondary N) is 1. The van der Waals surface area contributed by atoms with E-state index in [2.05, 4.69) is 40.7 Å². The number of amides is 1. The van der Waals surface area contributed by atoms with Crippen LogP contribution in [0.3, 0.4) is 0 Å². The van der Waals surface area contributed by atoms with E-state index in [4.69, 9.17) is 0 Å². The molecule has 0 atom stereocenters. The highest BCUT2D eigenvalue weighted by Crippen LogP contribution is 2.14. The van der Waals surface area contributed by atoms with Crippen molar-refractivity contribution in [2.75, 3.05) is 5.32 Å². The third-order valence-corrected chi connectivity index (χ3v) is 3.00. The summed E-state index contributed by atoms with van der Waals surface area (Å²) in [5.41, 5.74) is 1.12. The van der Waals surface area contributed by atoms with Crippen molar-refractivity contribution < 1.29 is 4.79 Å². The zero-order valence-corrected chi connectivity index (χ0v) is 12.9. The Hall–Kier alpha value is -3.36. The fourth-order valence-electron chi connectivity index (χ4n) is 1.89. The van der Waals surface area contributed by atoms with Crippen molar-refractivity contribution in [3.05, 3.63) is 36.8 Å². The van der Waals surface area contributed by atoms with Crippen LogP contribution in [0.15, 0.2) is 36.8 Å². The third kappa shape index (κ3) is 3.69. The first-order chi connectivity index (χ1) is 11.8. The summed E-state index contributed by atoms with van der Waals surface area (Å²) in [7, 11) is 0. The van der Waals surface area contributed by atoms with Crippen LogP contribution >= 0.6 is 0 Å². The Morgan fingerprint density at radius 3 is 2.29 bits per heavy atom. The number of hydrogen-bond acceptors (Lipinski definition) is 8. The maximum atomic E-state index is 11.5. The van der Waals surface area contributed by atoms with E-state index in [1.165, 1.54) is 0 Å². The van der Waals surface area contributed by atoms with Crippen molar-refractivity contribution in [2.24, 2.45) is 0 Å². The number of rotatable bonds is 5. The average molecular weight is 322 g/mol. The van der Waals surface area contributed by atoms with Crippen molar-refractivity contribution in [1.29, 1.82) is 0 Å². The first-order valence-corrected chi connectivity index (χ1v) is 7.37. The summed E-state index contributed by atoms with van der Waals surface area (Å²) >= 11 is 0. The Kier molecular flexibility index (Phi) is 4.70. The van der Waals surface area contributed by atoms with Crippen molar-refractivity contribution in [3.8, 4) is 23.2 Å². The predicted octanol–water partition coefficient (Wildman–Crippen LogP) is 1.52. The van der Waals surface area contributed by atoms with E-state index in [-0.39, 0.29) is 17.6 Å². The molecule has 0 aliphatic rings. The number of aromatic nitrogens is 7. The van der Waals surface area contributed by atoms with Crippen molar-refractivity contribution in [2.45, 2.75) is 19.8 Å². The third-order valence-electron chi connectivity index (χ3n) is 3.00. The molecule has 0 saturated carbocycles. The Balaban J connectivity index is 1.74. The lowest BCUT2D eigenvalue weighted by atomic mass is 10.3. The maximum Gasteiger partial charge on any atom is 0.240 e. The average Bonchev–Trinajstić information content (AvgIpc) is 2.63. The topological polar surface area (TPSA) is 119 Å². The lowest BCUT2D eigenvalue weighted by Gasteiger charge is -2.04. The second kappa shape index (κ2) is 7.27. The molecule has 0 saturated heterocycles. The van der Waals surface area contributed by atoms with Gasteiger partial charge in [-0.2, -0.15) is 0 Å². The zero-order chi connectivity index (χ0) is 16.8. The number of carbonyl (C=O) groups is 1. The van der Waals surface area contributed by atoms with Gasteiger partial charge in [-0.05, 0) is 24.6 Å². The van der Waals surface area contributed by atoms with Gasteiger partial charge in [0.15, 0.2) is 0 Å². The van der Waals surface area contributed by atoms with Gasteiger partial charge in [0, 0.05) is 18.8 Å². The van der Waals surface area contributed by atoms with Crippen LogP contribution in [0.1, 0.15) is 19.8 Å². The molecule has 3 heterocycles. The minimum absolute atomic E-state index is 0.0427. The molecule has 1 N–H and O–H groups in total. The van der Waals surface area contributed by atoms with Gasteiger partial charge in [-0.25, -0.2) is 9.97 Å². The molecule has 1 amide bonds. The summed E-state index contributed by atoms with van der Waals surface area (Å²) in [6.45, 7) is 1.95. The summed E-state index contributed by atoms with van der Waals surface area (Å²) in [4.78, 5) is 23.8. The molecule has 0 aliphatic heterocycles. The maximum absolute atomic E-state index is 11.5. The van der Waals surface area contributed by atoms with Gasteiger partial charge < -0.3 is 5.32 Å². The quantitative estimate of drug-likeness (QED) is 0.751. The molecule has 0 aliphatic carbocycles. The van der Waals surface area contributed by atoms with Gasteiger partial charge in [-0.15, -0.1) is 20.4 Å². The SMILES string of the molecule is CCCC(=O)Nc1ccc(-c2nnc(-c3ncccn3)nn2)nc1. The van der Waals surface area contributed by atoms with Crippen LogP contribution in [0.2, 0.25) is 0 Å². The fraction of sp³-hybridized carbons (Fsp3) is 0.200. The Labute approximate surface area is 137 Å². The van der Waals surface area contributed by atoms with E-state index in [9.17, 15) is 4.79 Å². The molecule has 0 bridgehead atoms. The first-order valence-electron chi connectivity index (χ1n) is 7.37. The lowest BCUT2D eigenvalue weighted by molar-refractivity contribution is -0.116. The normalized spacial score (nSPS) is 10.4. The number of pyridine rings is 1. The van der Waals surface area contributed by atoms with E-state index in [1.54, 1.807) is 36.8 Å². The van der Waals surface area contributed by atoms with Gasteiger partial charge in [-0.1, -0.05) is 6.92 Å². The van der Waals surface area contributed by atoms with Gasteiger partial charge >= 0.3 is 0 Å². The Bertz CT molecular complexity index is 805. The minimum Gasteiger partial charge on any atom is -0.325 e. The predicted molar refractivity (Wildman–Crippen MR) is 85.4 cm³/mol.